The lowest BCUT2D eigenvalue weighted by molar-refractivity contribution is -0.158. The van der Waals surface area contributed by atoms with Gasteiger partial charge in [0.25, 0.3) is 5.91 Å². The van der Waals surface area contributed by atoms with Crippen LogP contribution < -0.4 is 31.0 Å². The fourth-order valence-corrected chi connectivity index (χ4v) is 10.3. The first kappa shape index (κ1) is 58.3. The number of ketones is 1. The predicted octanol–water partition coefficient (Wildman–Crippen LogP) is 5.59. The van der Waals surface area contributed by atoms with E-state index in [-0.39, 0.29) is 86.0 Å². The van der Waals surface area contributed by atoms with Crippen LogP contribution in [0.2, 0.25) is 0 Å². The highest BCUT2D eigenvalue weighted by Crippen LogP contribution is 2.42. The van der Waals surface area contributed by atoms with Gasteiger partial charge in [-0.15, -0.1) is 0 Å². The number of nitrogens with zero attached hydrogens (tertiary/aromatic N) is 3. The van der Waals surface area contributed by atoms with E-state index >= 15 is 0 Å². The van der Waals surface area contributed by atoms with Gasteiger partial charge in [0.05, 0.1) is 40.8 Å². The number of ether oxygens (including phenoxy) is 4. The average Bonchev–Trinajstić information content (AvgIpc) is 3.72. The van der Waals surface area contributed by atoms with E-state index in [9.17, 15) is 54.0 Å². The summed E-state index contributed by atoms with van der Waals surface area (Å²) >= 11 is 0. The second kappa shape index (κ2) is 24.1. The molecule has 1 saturated heterocycles. The second-order valence-electron chi connectivity index (χ2n) is 21.1. The number of aliphatic hydroxyl groups excluding tert-OH is 3. The van der Waals surface area contributed by atoms with Crippen LogP contribution in [0.5, 0.6) is 11.5 Å². The van der Waals surface area contributed by atoms with Crippen LogP contribution in [0.4, 0.5) is 11.4 Å². The molecule has 20 heteroatoms. The molecule has 1 aromatic heterocycles. The summed E-state index contributed by atoms with van der Waals surface area (Å²) in [5.41, 5.74) is -1.83. The molecule has 3 aliphatic rings. The first-order valence-electron chi connectivity index (χ1n) is 26.2. The first-order valence-corrected chi connectivity index (χ1v) is 26.2. The number of aliphatic hydroxyl groups is 3. The molecule has 1 fully saturated rings. The number of esters is 1. The average molecular weight is 1080 g/mol. The van der Waals surface area contributed by atoms with Crippen molar-refractivity contribution in [3.05, 3.63) is 91.8 Å². The number of allylic oxidation sites excluding steroid dienone is 4. The van der Waals surface area contributed by atoms with Gasteiger partial charge in [0.15, 0.2) is 22.4 Å². The minimum atomic E-state index is -1.97. The number of aldehydes is 2. The van der Waals surface area contributed by atoms with Gasteiger partial charge >= 0.3 is 11.8 Å². The monoisotopic (exact) mass is 1080 g/mol. The van der Waals surface area contributed by atoms with E-state index in [4.69, 9.17) is 28.3 Å². The Morgan fingerprint density at radius 1 is 0.923 bits per heavy atom. The second-order valence-corrected chi connectivity index (χ2v) is 21.1. The number of amides is 1. The van der Waals surface area contributed by atoms with E-state index in [1.54, 1.807) is 45.1 Å². The summed E-state index contributed by atoms with van der Waals surface area (Å²) in [4.78, 5) is 98.7. The zero-order valence-corrected chi connectivity index (χ0v) is 45.5. The van der Waals surface area contributed by atoms with E-state index in [1.165, 1.54) is 46.1 Å². The summed E-state index contributed by atoms with van der Waals surface area (Å²) in [5.74, 6) is -7.88. The normalized spacial score (nSPS) is 27.0. The molecule has 0 radical (unpaired) electrons. The van der Waals surface area contributed by atoms with E-state index in [0.717, 1.165) is 0 Å². The number of hydrogen-bond acceptors (Lipinski definition) is 19. The number of phenols is 1. The maximum atomic E-state index is 15.0. The van der Waals surface area contributed by atoms with Crippen molar-refractivity contribution in [2.24, 2.45) is 35.5 Å². The molecule has 7 rings (SSSR count). The first-order chi connectivity index (χ1) is 36.9. The van der Waals surface area contributed by atoms with Gasteiger partial charge in [0.1, 0.15) is 53.8 Å². The third-order valence-electron chi connectivity index (χ3n) is 15.5. The Bertz CT molecular complexity index is 3290. The van der Waals surface area contributed by atoms with Crippen LogP contribution in [0.3, 0.4) is 0 Å². The van der Waals surface area contributed by atoms with E-state index in [2.05, 4.69) is 16.8 Å². The molecule has 5 bridgehead atoms. The molecular weight excluding hydrogens is 1010 g/mol. The van der Waals surface area contributed by atoms with Gasteiger partial charge in [-0.3, -0.25) is 28.9 Å². The van der Waals surface area contributed by atoms with Gasteiger partial charge in [-0.1, -0.05) is 59.4 Å². The standard InChI is InChI=1S/C58H70N4O16/c1-29-16-22-75-58(10)56(72)45-43-44(51(70)36(8)54(45)78-58)52(71)48(60-57(73)31(3)13-11-12-30(2)49(68)34(6)50(69)35(7)53(33(29)5)76-37(9)65)55-47(43)59-46-41(67)25-39(26-42(46)77-55)62-19-17-61(18-20-62)21-23-74-32(4)14-15-40(66)24-38(27-63)28-64/h11-13,16,22,25-30,33-35,38,49-50,53,68-70,72H,4,14-15,17-21,23-24H2,1-3,5-10H3,(H,60,73)/b12-11+,22-16+,31-13-/t29-,30-,33+,34+,35+,49-,50+,53+,58-/m0/s1. The summed E-state index contributed by atoms with van der Waals surface area (Å²) in [6.45, 7) is 21.4. The summed E-state index contributed by atoms with van der Waals surface area (Å²) in [6.07, 6.45) is 5.76. The number of piperazine rings is 1. The largest absolute Gasteiger partial charge is 0.507 e. The molecular formula is C58H70N4O16. The minimum Gasteiger partial charge on any atom is -0.507 e. The lowest BCUT2D eigenvalue weighted by Gasteiger charge is -2.37. The number of nitrogens with one attached hydrogen (secondary N) is 1. The third kappa shape index (κ3) is 12.0. The molecule has 20 nitrogen and oxygen atoms in total. The van der Waals surface area contributed by atoms with Crippen molar-refractivity contribution < 1.29 is 67.8 Å². The van der Waals surface area contributed by atoms with Crippen LogP contribution in [0, 0.1) is 42.4 Å². The van der Waals surface area contributed by atoms with Crippen molar-refractivity contribution in [2.45, 2.75) is 106 Å². The number of hydrogen-bond donors (Lipinski definition) is 5. The molecule has 1 amide bonds. The lowest BCUT2D eigenvalue weighted by Crippen LogP contribution is -2.47. The molecule has 0 spiro atoms. The Hall–Kier alpha value is -7.42. The number of phenolic OH excluding ortho intramolecular Hbond substituents is 1. The van der Waals surface area contributed by atoms with E-state index in [0.29, 0.717) is 63.3 Å². The SMILES string of the molecule is C=C(CCC(=O)CC(C=O)C=O)OCCN1CCN(c2cc(=O)c3nc4c(oc3c2)c2c(=O)c3c(O)c(C)c5c(c34)=C(O)[C@@](C)(O/C=C/[C@H](C)[C@@H](C)[C@@H](OC(C)=O)[C@H](C)[C@H](O)[C@H](C)[C@@H](O)[C@@H](C)/C=C/C=C(/C)C(=O)N2)O5)CC1. The molecule has 0 unspecified atom stereocenters. The Labute approximate surface area is 450 Å². The van der Waals surface area contributed by atoms with Crippen LogP contribution in [0.25, 0.3) is 38.7 Å². The zero-order chi connectivity index (χ0) is 57.1. The lowest BCUT2D eigenvalue weighted by atomic mass is 9.77. The van der Waals surface area contributed by atoms with Gasteiger partial charge in [-0.05, 0) is 31.8 Å². The number of rotatable bonds is 13. The van der Waals surface area contributed by atoms with E-state index in [1.807, 2.05) is 18.7 Å². The number of carbonyl (C=O) groups is 5. The predicted molar refractivity (Wildman–Crippen MR) is 292 cm³/mol. The number of fused-ring (bicyclic) bond motifs is 5. The highest BCUT2D eigenvalue weighted by Gasteiger charge is 2.44. The molecule has 9 atom stereocenters. The summed E-state index contributed by atoms with van der Waals surface area (Å²) in [6, 6.07) is 3.03. The minimum absolute atomic E-state index is 0.0282. The number of anilines is 2. The highest BCUT2D eigenvalue weighted by molar-refractivity contribution is 6.17. The molecule has 0 saturated carbocycles. The molecule has 5 N–H and O–H groups in total. The number of aromatic nitrogens is 1. The molecule has 3 aromatic carbocycles. The molecule has 0 aliphatic carbocycles. The Morgan fingerprint density at radius 2 is 1.62 bits per heavy atom. The van der Waals surface area contributed by atoms with Crippen LogP contribution in [-0.2, 0) is 38.2 Å². The number of Topliss-reactive ketones (excluding diaryl/α,β-unsaturated/α-hetero) is 1. The van der Waals surface area contributed by atoms with Crippen LogP contribution in [0.1, 0.15) is 80.2 Å². The zero-order valence-electron chi connectivity index (χ0n) is 45.5. The van der Waals surface area contributed by atoms with Crippen molar-refractivity contribution in [3.63, 3.8) is 0 Å². The van der Waals surface area contributed by atoms with Gasteiger partial charge in [0.2, 0.25) is 10.9 Å². The fourth-order valence-electron chi connectivity index (χ4n) is 10.3. The van der Waals surface area contributed by atoms with Crippen molar-refractivity contribution in [1.29, 1.82) is 0 Å². The Morgan fingerprint density at radius 3 is 2.28 bits per heavy atom. The molecule has 78 heavy (non-hydrogen) atoms. The van der Waals surface area contributed by atoms with Crippen molar-refractivity contribution >= 4 is 80.3 Å². The Kier molecular flexibility index (Phi) is 18.0. The van der Waals surface area contributed by atoms with Crippen LogP contribution in [-0.4, -0.2) is 124 Å². The van der Waals surface area contributed by atoms with E-state index < -0.39 is 93.6 Å². The van der Waals surface area contributed by atoms with Gasteiger partial charge in [-0.2, -0.15) is 0 Å². The summed E-state index contributed by atoms with van der Waals surface area (Å²) in [7, 11) is 0. The molecule has 3 aliphatic heterocycles. The smallest absolute Gasteiger partial charge is 0.307 e. The molecule has 418 valence electrons. The Balaban J connectivity index is 1.28. The maximum Gasteiger partial charge on any atom is 0.307 e. The van der Waals surface area contributed by atoms with Gasteiger partial charge in [-0.25, -0.2) is 4.98 Å². The van der Waals surface area contributed by atoms with Crippen LogP contribution >= 0.6 is 0 Å². The number of benzene rings is 3. The summed E-state index contributed by atoms with van der Waals surface area (Å²) in [5, 5.41) is 49.3. The highest BCUT2D eigenvalue weighted by atomic mass is 16.7. The topological polar surface area (TPSA) is 282 Å². The molecule has 4 aromatic rings. The van der Waals surface area contributed by atoms with Gasteiger partial charge in [0, 0.05) is 118 Å². The van der Waals surface area contributed by atoms with Crippen molar-refractivity contribution in [2.75, 3.05) is 49.5 Å². The fraction of sp³-hybridized carbons (Fsp3) is 0.483. The van der Waals surface area contributed by atoms with Crippen molar-refractivity contribution in [1.82, 2.24) is 9.88 Å². The number of aromatic hydroxyl groups is 1. The molecule has 4 heterocycles. The van der Waals surface area contributed by atoms with Crippen molar-refractivity contribution in [3.8, 4) is 11.5 Å². The third-order valence-corrected chi connectivity index (χ3v) is 15.5. The quantitative estimate of drug-likeness (QED) is 0.0273. The summed E-state index contributed by atoms with van der Waals surface area (Å²) < 4.78 is 30.6. The van der Waals surface area contributed by atoms with Crippen LogP contribution in [0.15, 0.2) is 74.6 Å². The number of carbonyl (C=O) groups excluding carboxylic acids is 5. The maximum absolute atomic E-state index is 15.0. The van der Waals surface area contributed by atoms with Gasteiger partial charge < -0.3 is 63.6 Å².